The first kappa shape index (κ1) is 17.0. The molecule has 5 nitrogen and oxygen atoms in total. The van der Waals surface area contributed by atoms with Gasteiger partial charge in [0, 0.05) is 12.7 Å². The maximum Gasteiger partial charge on any atom is 0.254 e. The number of aromatic nitrogens is 2. The van der Waals surface area contributed by atoms with E-state index in [2.05, 4.69) is 38.1 Å². The molecule has 1 aliphatic rings. The molecule has 0 aliphatic heterocycles. The number of ether oxygens (including phenoxy) is 1. The van der Waals surface area contributed by atoms with Crippen LogP contribution in [0.5, 0.6) is 0 Å². The SMILES string of the molecule is C[C@H]1CCCC[C@@H]1OCCNC(=O)c1cnn(C(C)(C)C)c1. The van der Waals surface area contributed by atoms with Gasteiger partial charge in [0.15, 0.2) is 0 Å². The number of rotatable bonds is 5. The number of carbonyl (C=O) groups is 1. The van der Waals surface area contributed by atoms with Gasteiger partial charge in [0.1, 0.15) is 0 Å². The molecule has 1 fully saturated rings. The second kappa shape index (κ2) is 7.27. The van der Waals surface area contributed by atoms with Gasteiger partial charge in [0.2, 0.25) is 0 Å². The van der Waals surface area contributed by atoms with E-state index in [4.69, 9.17) is 4.74 Å². The van der Waals surface area contributed by atoms with Crippen LogP contribution in [0.2, 0.25) is 0 Å². The smallest absolute Gasteiger partial charge is 0.254 e. The van der Waals surface area contributed by atoms with E-state index in [1.807, 2.05) is 4.68 Å². The Morgan fingerprint density at radius 1 is 1.41 bits per heavy atom. The van der Waals surface area contributed by atoms with Crippen molar-refractivity contribution >= 4 is 5.91 Å². The number of hydrogen-bond acceptors (Lipinski definition) is 3. The zero-order chi connectivity index (χ0) is 16.2. The van der Waals surface area contributed by atoms with Crippen LogP contribution in [0.3, 0.4) is 0 Å². The highest BCUT2D eigenvalue weighted by molar-refractivity contribution is 5.93. The molecule has 2 rings (SSSR count). The standard InChI is InChI=1S/C17H29N3O2/c1-13-7-5-6-8-15(13)22-10-9-18-16(21)14-11-19-20(12-14)17(2,3)4/h11-13,15H,5-10H2,1-4H3,(H,18,21)/t13-,15-/m0/s1. The van der Waals surface area contributed by atoms with Crippen molar-refractivity contribution in [3.8, 4) is 0 Å². The predicted molar refractivity (Wildman–Crippen MR) is 86.9 cm³/mol. The Morgan fingerprint density at radius 2 is 2.14 bits per heavy atom. The number of nitrogens with one attached hydrogen (secondary N) is 1. The van der Waals surface area contributed by atoms with Crippen molar-refractivity contribution in [1.82, 2.24) is 15.1 Å². The van der Waals surface area contributed by atoms with Gasteiger partial charge in [0.25, 0.3) is 5.91 Å². The average molecular weight is 307 g/mol. The molecule has 5 heteroatoms. The maximum absolute atomic E-state index is 12.1. The van der Waals surface area contributed by atoms with Crippen molar-refractivity contribution in [2.75, 3.05) is 13.2 Å². The van der Waals surface area contributed by atoms with Gasteiger partial charge in [-0.15, -0.1) is 0 Å². The Hall–Kier alpha value is -1.36. The molecule has 0 bridgehead atoms. The lowest BCUT2D eigenvalue weighted by Crippen LogP contribution is -2.31. The number of amides is 1. The maximum atomic E-state index is 12.1. The summed E-state index contributed by atoms with van der Waals surface area (Å²) in [6.07, 6.45) is 8.73. The molecule has 1 saturated carbocycles. The summed E-state index contributed by atoms with van der Waals surface area (Å²) in [6.45, 7) is 9.54. The van der Waals surface area contributed by atoms with Crippen LogP contribution in [-0.4, -0.2) is 34.9 Å². The summed E-state index contributed by atoms with van der Waals surface area (Å²) in [7, 11) is 0. The summed E-state index contributed by atoms with van der Waals surface area (Å²) >= 11 is 0. The van der Waals surface area contributed by atoms with Crippen LogP contribution in [0, 0.1) is 5.92 Å². The van der Waals surface area contributed by atoms with E-state index in [-0.39, 0.29) is 11.4 Å². The van der Waals surface area contributed by atoms with Crippen LogP contribution < -0.4 is 5.32 Å². The molecule has 1 amide bonds. The zero-order valence-electron chi connectivity index (χ0n) is 14.3. The van der Waals surface area contributed by atoms with Crippen LogP contribution in [0.15, 0.2) is 12.4 Å². The van der Waals surface area contributed by atoms with E-state index in [0.29, 0.717) is 30.7 Å². The van der Waals surface area contributed by atoms with Crippen molar-refractivity contribution in [1.29, 1.82) is 0 Å². The lowest BCUT2D eigenvalue weighted by Gasteiger charge is -2.28. The van der Waals surface area contributed by atoms with Crippen LogP contribution >= 0.6 is 0 Å². The number of hydrogen-bond donors (Lipinski definition) is 1. The molecule has 0 aromatic carbocycles. The first-order chi connectivity index (χ1) is 10.4. The highest BCUT2D eigenvalue weighted by Gasteiger charge is 2.21. The molecule has 1 aliphatic carbocycles. The topological polar surface area (TPSA) is 56.1 Å². The van der Waals surface area contributed by atoms with Crippen molar-refractivity contribution < 1.29 is 9.53 Å². The van der Waals surface area contributed by atoms with E-state index >= 15 is 0 Å². The van der Waals surface area contributed by atoms with E-state index < -0.39 is 0 Å². The van der Waals surface area contributed by atoms with E-state index in [1.54, 1.807) is 12.4 Å². The summed E-state index contributed by atoms with van der Waals surface area (Å²) in [5, 5.41) is 7.15. The molecule has 1 aromatic heterocycles. The lowest BCUT2D eigenvalue weighted by atomic mass is 9.88. The molecular weight excluding hydrogens is 278 g/mol. The quantitative estimate of drug-likeness (QED) is 0.851. The van der Waals surface area contributed by atoms with E-state index in [0.717, 1.165) is 6.42 Å². The number of carbonyl (C=O) groups excluding carboxylic acids is 1. The predicted octanol–water partition coefficient (Wildman–Crippen LogP) is 2.96. The molecule has 0 spiro atoms. The van der Waals surface area contributed by atoms with Crippen LogP contribution in [-0.2, 0) is 10.3 Å². The summed E-state index contributed by atoms with van der Waals surface area (Å²) in [4.78, 5) is 12.1. The fraction of sp³-hybridized carbons (Fsp3) is 0.765. The van der Waals surface area contributed by atoms with E-state index in [9.17, 15) is 4.79 Å². The molecule has 0 unspecified atom stereocenters. The summed E-state index contributed by atoms with van der Waals surface area (Å²) in [5.41, 5.74) is 0.486. The van der Waals surface area contributed by atoms with Gasteiger partial charge >= 0.3 is 0 Å². The van der Waals surface area contributed by atoms with Crippen molar-refractivity contribution in [3.63, 3.8) is 0 Å². The van der Waals surface area contributed by atoms with Crippen molar-refractivity contribution in [2.24, 2.45) is 5.92 Å². The third-order valence-electron chi connectivity index (χ3n) is 4.28. The minimum Gasteiger partial charge on any atom is -0.376 e. The third kappa shape index (κ3) is 4.57. The van der Waals surface area contributed by atoms with E-state index in [1.165, 1.54) is 19.3 Å². The summed E-state index contributed by atoms with van der Waals surface area (Å²) in [5.74, 6) is 0.547. The molecule has 0 radical (unpaired) electrons. The largest absolute Gasteiger partial charge is 0.376 e. The van der Waals surface area contributed by atoms with Gasteiger partial charge < -0.3 is 10.1 Å². The Kier molecular flexibility index (Phi) is 5.62. The van der Waals surface area contributed by atoms with Crippen LogP contribution in [0.1, 0.15) is 63.7 Å². The summed E-state index contributed by atoms with van der Waals surface area (Å²) in [6, 6.07) is 0. The van der Waals surface area contributed by atoms with Gasteiger partial charge in [-0.1, -0.05) is 19.8 Å². The Bertz CT molecular complexity index is 490. The zero-order valence-corrected chi connectivity index (χ0v) is 14.3. The van der Waals surface area contributed by atoms with Crippen molar-refractivity contribution in [3.05, 3.63) is 18.0 Å². The average Bonchev–Trinajstić information content (AvgIpc) is 2.95. The molecule has 1 heterocycles. The minimum atomic E-state index is -0.112. The van der Waals surface area contributed by atoms with Gasteiger partial charge in [-0.3, -0.25) is 9.48 Å². The first-order valence-electron chi connectivity index (χ1n) is 8.33. The van der Waals surface area contributed by atoms with Crippen LogP contribution in [0.4, 0.5) is 0 Å². The molecule has 2 atom stereocenters. The highest BCUT2D eigenvalue weighted by atomic mass is 16.5. The normalized spacial score (nSPS) is 22.5. The highest BCUT2D eigenvalue weighted by Crippen LogP contribution is 2.25. The molecule has 1 aromatic rings. The molecule has 1 N–H and O–H groups in total. The summed E-state index contributed by atoms with van der Waals surface area (Å²) < 4.78 is 7.71. The third-order valence-corrected chi connectivity index (χ3v) is 4.28. The molecule has 0 saturated heterocycles. The van der Waals surface area contributed by atoms with Gasteiger partial charge in [-0.25, -0.2) is 0 Å². The molecule has 22 heavy (non-hydrogen) atoms. The second-order valence-electron chi connectivity index (χ2n) is 7.27. The fourth-order valence-corrected chi connectivity index (χ4v) is 2.81. The lowest BCUT2D eigenvalue weighted by molar-refractivity contribution is -0.00293. The minimum absolute atomic E-state index is 0.0872. The molecule has 124 valence electrons. The van der Waals surface area contributed by atoms with Gasteiger partial charge in [-0.2, -0.15) is 5.10 Å². The van der Waals surface area contributed by atoms with Gasteiger partial charge in [0.05, 0.1) is 30.0 Å². The second-order valence-corrected chi connectivity index (χ2v) is 7.27. The fourth-order valence-electron chi connectivity index (χ4n) is 2.81. The first-order valence-corrected chi connectivity index (χ1v) is 8.33. The van der Waals surface area contributed by atoms with Crippen molar-refractivity contribution in [2.45, 2.75) is 65.0 Å². The van der Waals surface area contributed by atoms with Crippen LogP contribution in [0.25, 0.3) is 0 Å². The number of nitrogens with zero attached hydrogens (tertiary/aromatic N) is 2. The van der Waals surface area contributed by atoms with Gasteiger partial charge in [-0.05, 0) is 39.5 Å². The Labute approximate surface area is 133 Å². The monoisotopic (exact) mass is 307 g/mol. The Balaban J connectivity index is 1.72. The Morgan fingerprint density at radius 3 is 2.77 bits per heavy atom. The molecular formula is C17H29N3O2.